The van der Waals surface area contributed by atoms with Gasteiger partial charge in [0, 0.05) is 36.5 Å². The van der Waals surface area contributed by atoms with Gasteiger partial charge in [-0.25, -0.2) is 9.82 Å². The first-order valence-electron chi connectivity index (χ1n) is 9.86. The van der Waals surface area contributed by atoms with Gasteiger partial charge in [0.2, 0.25) is 17.8 Å². The van der Waals surface area contributed by atoms with E-state index in [1.807, 2.05) is 4.90 Å². The molecule has 0 unspecified atom stereocenters. The molecule has 0 spiro atoms. The molecule has 1 aliphatic rings. The number of halogens is 1. The smallest absolute Gasteiger partial charge is 0.270 e. The highest BCUT2D eigenvalue weighted by Gasteiger charge is 2.17. The van der Waals surface area contributed by atoms with E-state index in [-0.39, 0.29) is 34.7 Å². The molecule has 0 amide bonds. The van der Waals surface area contributed by atoms with E-state index in [4.69, 9.17) is 4.74 Å². The molecule has 0 atom stereocenters. The third-order valence-corrected chi connectivity index (χ3v) is 4.61. The number of anilines is 4. The van der Waals surface area contributed by atoms with Crippen LogP contribution in [0.2, 0.25) is 0 Å². The van der Waals surface area contributed by atoms with E-state index in [1.54, 1.807) is 12.1 Å². The van der Waals surface area contributed by atoms with Gasteiger partial charge in [-0.2, -0.15) is 20.1 Å². The SMILES string of the molecule is O=[N+]([O-])c1ccc(O)c(/C=N\Nc2nc(Nc3ccc(F)cc3)nc(N3CCOCC3)n2)c1. The Morgan fingerprint density at radius 1 is 1.12 bits per heavy atom. The van der Waals surface area contributed by atoms with Crippen molar-refractivity contribution in [3.8, 4) is 5.75 Å². The Morgan fingerprint density at radius 2 is 1.85 bits per heavy atom. The number of hydrogen-bond acceptors (Lipinski definition) is 11. The molecule has 13 heteroatoms. The van der Waals surface area contributed by atoms with Gasteiger partial charge >= 0.3 is 0 Å². The predicted molar refractivity (Wildman–Crippen MR) is 119 cm³/mol. The molecule has 33 heavy (non-hydrogen) atoms. The number of nitro benzene ring substituents is 1. The lowest BCUT2D eigenvalue weighted by molar-refractivity contribution is -0.384. The van der Waals surface area contributed by atoms with Crippen molar-refractivity contribution in [2.45, 2.75) is 0 Å². The Labute approximate surface area is 186 Å². The number of hydrazone groups is 1. The van der Waals surface area contributed by atoms with Gasteiger partial charge in [-0.1, -0.05) is 0 Å². The van der Waals surface area contributed by atoms with E-state index in [0.717, 1.165) is 0 Å². The molecular formula is C20H19FN8O4. The van der Waals surface area contributed by atoms with E-state index < -0.39 is 4.92 Å². The van der Waals surface area contributed by atoms with E-state index >= 15 is 0 Å². The molecule has 2 heterocycles. The third kappa shape index (κ3) is 5.65. The van der Waals surface area contributed by atoms with Crippen molar-refractivity contribution in [3.63, 3.8) is 0 Å². The van der Waals surface area contributed by atoms with Crippen LogP contribution in [0.3, 0.4) is 0 Å². The van der Waals surface area contributed by atoms with Crippen molar-refractivity contribution in [2.24, 2.45) is 5.10 Å². The zero-order valence-corrected chi connectivity index (χ0v) is 17.2. The van der Waals surface area contributed by atoms with Crippen molar-refractivity contribution in [1.29, 1.82) is 0 Å². The fraction of sp³-hybridized carbons (Fsp3) is 0.200. The van der Waals surface area contributed by atoms with Gasteiger partial charge in [0.25, 0.3) is 5.69 Å². The monoisotopic (exact) mass is 454 g/mol. The standard InChI is InChI=1S/C20H19FN8O4/c21-14-1-3-15(4-2-14)23-18-24-19(26-20(25-18)28-7-9-33-10-8-28)27-22-12-13-11-16(29(31)32)5-6-17(13)30/h1-6,11-12,30H,7-10H2,(H2,23,24,25,26,27)/b22-12-. The topological polar surface area (TPSA) is 151 Å². The Morgan fingerprint density at radius 3 is 2.58 bits per heavy atom. The second-order valence-corrected chi connectivity index (χ2v) is 6.88. The quantitative estimate of drug-likeness (QED) is 0.276. The lowest BCUT2D eigenvalue weighted by atomic mass is 10.2. The van der Waals surface area contributed by atoms with Crippen molar-refractivity contribution in [1.82, 2.24) is 15.0 Å². The number of aromatic nitrogens is 3. The first-order chi connectivity index (χ1) is 16.0. The first-order valence-corrected chi connectivity index (χ1v) is 9.86. The van der Waals surface area contributed by atoms with Gasteiger partial charge in [0.05, 0.1) is 24.4 Å². The van der Waals surface area contributed by atoms with E-state index in [0.29, 0.717) is 37.9 Å². The summed E-state index contributed by atoms with van der Waals surface area (Å²) in [6.45, 7) is 2.23. The van der Waals surface area contributed by atoms with Crippen LogP contribution in [0.25, 0.3) is 0 Å². The summed E-state index contributed by atoms with van der Waals surface area (Å²) >= 11 is 0. The Bertz CT molecular complexity index is 1170. The molecule has 3 N–H and O–H groups in total. The molecule has 170 valence electrons. The van der Waals surface area contributed by atoms with Crippen LogP contribution in [0.15, 0.2) is 47.6 Å². The lowest BCUT2D eigenvalue weighted by Gasteiger charge is -2.27. The summed E-state index contributed by atoms with van der Waals surface area (Å²) in [4.78, 5) is 25.3. The maximum absolute atomic E-state index is 13.2. The van der Waals surface area contributed by atoms with Gasteiger partial charge < -0.3 is 20.1 Å². The molecule has 0 bridgehead atoms. The van der Waals surface area contributed by atoms with E-state index in [1.165, 1.54) is 36.5 Å². The van der Waals surface area contributed by atoms with Gasteiger partial charge in [-0.3, -0.25) is 10.1 Å². The Balaban J connectivity index is 1.58. The van der Waals surface area contributed by atoms with Gasteiger partial charge in [-0.05, 0) is 30.3 Å². The number of ether oxygens (including phenoxy) is 1. The van der Waals surface area contributed by atoms with Crippen molar-refractivity contribution in [2.75, 3.05) is 41.9 Å². The molecular weight excluding hydrogens is 435 g/mol. The average Bonchev–Trinajstić information content (AvgIpc) is 2.82. The number of non-ortho nitro benzene ring substituents is 1. The lowest BCUT2D eigenvalue weighted by Crippen LogP contribution is -2.37. The second kappa shape index (κ2) is 9.82. The fourth-order valence-corrected chi connectivity index (χ4v) is 2.96. The highest BCUT2D eigenvalue weighted by Crippen LogP contribution is 2.22. The summed E-state index contributed by atoms with van der Waals surface area (Å²) in [5, 5.41) is 27.8. The minimum atomic E-state index is -0.571. The largest absolute Gasteiger partial charge is 0.507 e. The van der Waals surface area contributed by atoms with Crippen LogP contribution < -0.4 is 15.6 Å². The number of nitrogens with one attached hydrogen (secondary N) is 2. The predicted octanol–water partition coefficient (Wildman–Crippen LogP) is 2.65. The van der Waals surface area contributed by atoms with Crippen LogP contribution in [0.5, 0.6) is 5.75 Å². The number of nitro groups is 1. The highest BCUT2D eigenvalue weighted by atomic mass is 19.1. The summed E-state index contributed by atoms with van der Waals surface area (Å²) in [5.74, 6) is 0.140. The Hall–Kier alpha value is -4.39. The zero-order chi connectivity index (χ0) is 23.2. The van der Waals surface area contributed by atoms with Crippen molar-refractivity contribution >= 4 is 35.4 Å². The minimum Gasteiger partial charge on any atom is -0.507 e. The average molecular weight is 454 g/mol. The van der Waals surface area contributed by atoms with Gasteiger partial charge in [0.1, 0.15) is 11.6 Å². The van der Waals surface area contributed by atoms with Crippen LogP contribution in [0, 0.1) is 15.9 Å². The number of nitrogens with zero attached hydrogens (tertiary/aromatic N) is 6. The maximum Gasteiger partial charge on any atom is 0.270 e. The van der Waals surface area contributed by atoms with Crippen molar-refractivity contribution in [3.05, 3.63) is 64.0 Å². The number of phenols is 1. The number of rotatable bonds is 7. The maximum atomic E-state index is 13.2. The molecule has 1 fully saturated rings. The summed E-state index contributed by atoms with van der Waals surface area (Å²) in [7, 11) is 0. The number of benzene rings is 2. The highest BCUT2D eigenvalue weighted by molar-refractivity contribution is 5.84. The Kier molecular flexibility index (Phi) is 6.50. The minimum absolute atomic E-state index is 0.0947. The van der Waals surface area contributed by atoms with Crippen LogP contribution >= 0.6 is 0 Å². The van der Waals surface area contributed by atoms with Crippen LogP contribution in [0.1, 0.15) is 5.56 Å². The zero-order valence-electron chi connectivity index (χ0n) is 17.2. The van der Waals surface area contributed by atoms with E-state index in [2.05, 4.69) is 30.8 Å². The summed E-state index contributed by atoms with van der Waals surface area (Å²) in [5.41, 5.74) is 3.18. The molecule has 0 aliphatic carbocycles. The molecule has 1 aromatic heterocycles. The molecule has 4 rings (SSSR count). The van der Waals surface area contributed by atoms with Crippen LogP contribution in [0.4, 0.5) is 33.6 Å². The van der Waals surface area contributed by atoms with E-state index in [9.17, 15) is 19.6 Å². The fourth-order valence-electron chi connectivity index (χ4n) is 2.96. The molecule has 0 radical (unpaired) electrons. The number of phenolic OH excluding ortho intramolecular Hbond substituents is 1. The van der Waals surface area contributed by atoms with Gasteiger partial charge in [0.15, 0.2) is 0 Å². The molecule has 2 aromatic carbocycles. The molecule has 12 nitrogen and oxygen atoms in total. The number of hydrogen-bond donors (Lipinski definition) is 3. The normalized spacial score (nSPS) is 13.8. The summed E-state index contributed by atoms with van der Waals surface area (Å²) < 4.78 is 18.6. The number of aromatic hydroxyl groups is 1. The number of morpholine rings is 1. The van der Waals surface area contributed by atoms with Gasteiger partial charge in [-0.15, -0.1) is 0 Å². The third-order valence-electron chi connectivity index (χ3n) is 4.61. The van der Waals surface area contributed by atoms with Crippen LogP contribution in [-0.4, -0.2) is 57.5 Å². The molecule has 1 saturated heterocycles. The molecule has 3 aromatic rings. The van der Waals surface area contributed by atoms with Crippen LogP contribution in [-0.2, 0) is 4.74 Å². The first kappa shape index (κ1) is 21.8. The van der Waals surface area contributed by atoms with Crippen molar-refractivity contribution < 1.29 is 19.2 Å². The summed E-state index contributed by atoms with van der Waals surface area (Å²) in [6.07, 6.45) is 1.22. The molecule has 0 saturated carbocycles. The second-order valence-electron chi connectivity index (χ2n) is 6.88. The molecule has 1 aliphatic heterocycles. The summed E-state index contributed by atoms with van der Waals surface area (Å²) in [6, 6.07) is 9.29.